The predicted molar refractivity (Wildman–Crippen MR) is 259 cm³/mol. The molecular formula is C51H85O16P. The molecule has 0 aromatic heterocycles. The summed E-state index contributed by atoms with van der Waals surface area (Å²) in [5.41, 5.74) is 0. The van der Waals surface area contributed by atoms with Crippen molar-refractivity contribution in [1.29, 1.82) is 0 Å². The Morgan fingerprint density at radius 3 is 1.96 bits per heavy atom. The minimum atomic E-state index is -5.47. The van der Waals surface area contributed by atoms with Gasteiger partial charge in [0.15, 0.2) is 6.10 Å². The number of aliphatic hydroxyl groups is 7. The van der Waals surface area contributed by atoms with Gasteiger partial charge in [0.05, 0.1) is 36.9 Å². The summed E-state index contributed by atoms with van der Waals surface area (Å²) in [5, 5.41) is 78.7. The number of cyclic esters (lactones) is 1. The number of unbranched alkanes of at least 4 members (excludes halogenated alkanes) is 8. The molecule has 2 aliphatic rings. The van der Waals surface area contributed by atoms with Gasteiger partial charge < -0.3 is 50.1 Å². The van der Waals surface area contributed by atoms with E-state index < -0.39 is 112 Å². The van der Waals surface area contributed by atoms with Crippen LogP contribution in [0, 0.1) is 11.8 Å². The molecule has 1 aliphatic carbocycles. The van der Waals surface area contributed by atoms with Crippen LogP contribution in [0.5, 0.6) is 0 Å². The Morgan fingerprint density at radius 2 is 1.31 bits per heavy atom. The first kappa shape index (κ1) is 61.3. The minimum Gasteiger partial charge on any atom is -0.462 e. The van der Waals surface area contributed by atoms with Crippen molar-refractivity contribution in [2.45, 2.75) is 216 Å². The Labute approximate surface area is 404 Å². The summed E-state index contributed by atoms with van der Waals surface area (Å²) < 4.78 is 34.7. The number of carbonyl (C=O) groups is 3. The highest BCUT2D eigenvalue weighted by Gasteiger charge is 2.49. The lowest BCUT2D eigenvalue weighted by Gasteiger charge is -2.37. The Balaban J connectivity index is 2.13. The van der Waals surface area contributed by atoms with E-state index >= 15 is 0 Å². The molecule has 16 nitrogen and oxygen atoms in total. The molecule has 8 N–H and O–H groups in total. The smallest absolute Gasteiger partial charge is 0.462 e. The summed E-state index contributed by atoms with van der Waals surface area (Å²) >= 11 is 0. The molecule has 390 valence electrons. The fourth-order valence-corrected chi connectivity index (χ4v) is 9.05. The highest BCUT2D eigenvalue weighted by Crippen LogP contribution is 2.47. The van der Waals surface area contributed by atoms with Crippen molar-refractivity contribution < 1.29 is 78.1 Å². The lowest BCUT2D eigenvalue weighted by molar-refractivity contribution is -0.167. The van der Waals surface area contributed by atoms with Gasteiger partial charge in [0.1, 0.15) is 36.8 Å². The van der Waals surface area contributed by atoms with Gasteiger partial charge in [-0.05, 0) is 70.6 Å². The number of fused-ring (bicyclic) bond motifs is 4. The van der Waals surface area contributed by atoms with Gasteiger partial charge in [-0.15, -0.1) is 0 Å². The number of Topliss-reactive ketones (excluding diaryl/α,β-unsaturated/α-hetero) is 1. The molecule has 0 aromatic carbocycles. The van der Waals surface area contributed by atoms with Crippen molar-refractivity contribution in [3.05, 3.63) is 60.8 Å². The second-order valence-electron chi connectivity index (χ2n) is 18.1. The Hall–Kier alpha value is -2.86. The fraction of sp³-hybridized carbons (Fsp3) is 0.745. The lowest BCUT2D eigenvalue weighted by Crippen LogP contribution is -2.55. The minimum absolute atomic E-state index is 0.00922. The molecule has 1 heterocycles. The van der Waals surface area contributed by atoms with Gasteiger partial charge in [-0.25, -0.2) is 4.57 Å². The van der Waals surface area contributed by atoms with Gasteiger partial charge in [-0.3, -0.25) is 23.4 Å². The number of ketones is 1. The first-order chi connectivity index (χ1) is 32.6. The molecule has 2 fully saturated rings. The molecule has 1 unspecified atom stereocenters. The fourth-order valence-electron chi connectivity index (χ4n) is 8.08. The van der Waals surface area contributed by atoms with E-state index in [-0.39, 0.29) is 19.3 Å². The SMILES string of the molecule is CCCCC/C=C\C/C=C\C/C=C\C/C=C\CCCCCC(=O)O[C@@H]1COC(=O)CCCCCC[C@@H]2[C@@H](O)[C@H](O)[C@@H](O)[C@H](OP(=O)(O)OC1)[C@H](O)[C@H](O)[C@@H](/C=C/[C@@H](O)CCCCC)C(=O)C[C@@H]2O. The summed E-state index contributed by atoms with van der Waals surface area (Å²) in [5.74, 6) is -5.05. The molecule has 68 heavy (non-hydrogen) atoms. The monoisotopic (exact) mass is 985 g/mol. The van der Waals surface area contributed by atoms with Gasteiger partial charge >= 0.3 is 19.8 Å². The number of hydrogen-bond donors (Lipinski definition) is 8. The van der Waals surface area contributed by atoms with Crippen LogP contribution >= 0.6 is 7.82 Å². The number of hydrogen-bond acceptors (Lipinski definition) is 15. The van der Waals surface area contributed by atoms with Crippen LogP contribution in [-0.2, 0) is 37.5 Å². The second-order valence-corrected chi connectivity index (χ2v) is 19.5. The van der Waals surface area contributed by atoms with Crippen LogP contribution in [0.1, 0.15) is 162 Å². The van der Waals surface area contributed by atoms with Crippen LogP contribution in [0.15, 0.2) is 60.8 Å². The third kappa shape index (κ3) is 25.8. The molecule has 2 bridgehead atoms. The second kappa shape index (κ2) is 36.1. The quantitative estimate of drug-likeness (QED) is 0.0220. The Kier molecular flexibility index (Phi) is 32.5. The van der Waals surface area contributed by atoms with Gasteiger partial charge in [0, 0.05) is 25.2 Å². The Morgan fingerprint density at radius 1 is 0.721 bits per heavy atom. The third-order valence-corrected chi connectivity index (χ3v) is 13.2. The molecule has 17 heteroatoms. The van der Waals surface area contributed by atoms with E-state index in [0.717, 1.165) is 57.4 Å². The van der Waals surface area contributed by atoms with Crippen LogP contribution in [0.4, 0.5) is 0 Å². The average Bonchev–Trinajstić information content (AvgIpc) is 3.31. The average molecular weight is 985 g/mol. The number of allylic oxidation sites excluding steroid dienone is 8. The predicted octanol–water partition coefficient (Wildman–Crippen LogP) is 7.09. The number of phosphoric ester groups is 1. The van der Waals surface area contributed by atoms with Crippen LogP contribution in [-0.4, -0.2) is 127 Å². The largest absolute Gasteiger partial charge is 0.472 e. The van der Waals surface area contributed by atoms with E-state index in [2.05, 4.69) is 55.5 Å². The van der Waals surface area contributed by atoms with Crippen LogP contribution < -0.4 is 0 Å². The number of ether oxygens (including phenoxy) is 2. The van der Waals surface area contributed by atoms with E-state index in [9.17, 15) is 59.6 Å². The van der Waals surface area contributed by atoms with Crippen molar-refractivity contribution in [2.24, 2.45) is 11.8 Å². The first-order valence-corrected chi connectivity index (χ1v) is 26.7. The number of rotatable bonds is 23. The van der Waals surface area contributed by atoms with E-state index in [0.29, 0.717) is 51.4 Å². The highest BCUT2D eigenvalue weighted by molar-refractivity contribution is 7.47. The zero-order chi connectivity index (χ0) is 50.2. The lowest BCUT2D eigenvalue weighted by atomic mass is 9.82. The molecular weight excluding hydrogens is 900 g/mol. The number of carbonyl (C=O) groups excluding carboxylic acids is 3. The normalized spacial score (nSPS) is 30.8. The molecule has 1 saturated heterocycles. The van der Waals surface area contributed by atoms with E-state index in [1.54, 1.807) is 0 Å². The van der Waals surface area contributed by atoms with Crippen molar-refractivity contribution in [3.8, 4) is 0 Å². The van der Waals surface area contributed by atoms with Gasteiger partial charge in [-0.2, -0.15) is 0 Å². The summed E-state index contributed by atoms with van der Waals surface area (Å²) in [4.78, 5) is 50.3. The first-order valence-electron chi connectivity index (χ1n) is 25.2. The molecule has 1 aliphatic heterocycles. The van der Waals surface area contributed by atoms with Gasteiger partial charge in [0.2, 0.25) is 0 Å². The van der Waals surface area contributed by atoms with Crippen LogP contribution in [0.2, 0.25) is 0 Å². The molecule has 0 radical (unpaired) electrons. The number of esters is 2. The number of aliphatic hydroxyl groups excluding tert-OH is 7. The molecule has 0 amide bonds. The van der Waals surface area contributed by atoms with Crippen LogP contribution in [0.3, 0.4) is 0 Å². The zero-order valence-electron chi connectivity index (χ0n) is 40.6. The van der Waals surface area contributed by atoms with Gasteiger partial charge in [-0.1, -0.05) is 132 Å². The van der Waals surface area contributed by atoms with E-state index in [1.165, 1.54) is 25.3 Å². The van der Waals surface area contributed by atoms with E-state index in [4.69, 9.17) is 18.5 Å². The van der Waals surface area contributed by atoms with Crippen molar-refractivity contribution in [2.75, 3.05) is 13.2 Å². The zero-order valence-corrected chi connectivity index (χ0v) is 41.5. The summed E-state index contributed by atoms with van der Waals surface area (Å²) in [6.07, 6.45) is 16.0. The molecule has 0 aromatic rings. The molecule has 2 rings (SSSR count). The molecule has 0 spiro atoms. The van der Waals surface area contributed by atoms with Crippen LogP contribution in [0.25, 0.3) is 0 Å². The van der Waals surface area contributed by atoms with Crippen molar-refractivity contribution in [1.82, 2.24) is 0 Å². The topological polar surface area (TPSA) is 267 Å². The molecule has 12 atom stereocenters. The maximum absolute atomic E-state index is 13.7. The third-order valence-electron chi connectivity index (χ3n) is 12.2. The van der Waals surface area contributed by atoms with Crippen molar-refractivity contribution >= 4 is 25.5 Å². The summed E-state index contributed by atoms with van der Waals surface area (Å²) in [6, 6.07) is 0. The van der Waals surface area contributed by atoms with Crippen molar-refractivity contribution in [3.63, 3.8) is 0 Å². The number of phosphoric acid groups is 1. The summed E-state index contributed by atoms with van der Waals surface area (Å²) in [6.45, 7) is 2.77. The maximum atomic E-state index is 13.7. The highest BCUT2D eigenvalue weighted by atomic mass is 31.2. The summed E-state index contributed by atoms with van der Waals surface area (Å²) in [7, 11) is -5.47. The standard InChI is InChI=1S/C51H85O16P/c1-3-5-7-8-9-10-11-12-13-14-15-16-17-18-19-20-21-22-28-32-45(56)66-39-36-64-44(55)31-27-24-23-26-30-40-42(53)35-43(54)41(34-33-38(52)29-25-6-4-2)47(58)49(60)51(50(61)48(59)46(40)57)67-68(62,63)65-37-39/h9-10,12-13,15-16,18-19,33-34,38-42,46-53,57-61H,3-8,11,14,17,20-32,35-37H2,1-2H3,(H,62,63)/b10-9-,13-12-,16-15-,19-18-,34-33+/t38-,39+,40-,41-,42-,46+,47+,48-,49+,50+,51+/m0/s1. The molecule has 1 saturated carbocycles. The Bertz CT molecular complexity index is 1600. The van der Waals surface area contributed by atoms with E-state index in [1.807, 2.05) is 6.92 Å². The maximum Gasteiger partial charge on any atom is 0.472 e. The van der Waals surface area contributed by atoms with Gasteiger partial charge in [0.25, 0.3) is 0 Å².